The maximum absolute atomic E-state index is 14.3. The summed E-state index contributed by atoms with van der Waals surface area (Å²) in [6.45, 7) is 7.49. The Morgan fingerprint density at radius 1 is 1.48 bits per heavy atom. The van der Waals surface area contributed by atoms with Gasteiger partial charge in [0.05, 0.1) is 25.0 Å². The number of nitrogens with zero attached hydrogens (tertiary/aromatic N) is 1. The summed E-state index contributed by atoms with van der Waals surface area (Å²) in [4.78, 5) is 1.98. The summed E-state index contributed by atoms with van der Waals surface area (Å²) in [7, 11) is 0. The van der Waals surface area contributed by atoms with Gasteiger partial charge in [-0.3, -0.25) is 0 Å². The Morgan fingerprint density at radius 3 is 3.00 bits per heavy atom. The van der Waals surface area contributed by atoms with E-state index in [4.69, 9.17) is 4.74 Å². The highest BCUT2D eigenvalue weighted by Crippen LogP contribution is 2.26. The van der Waals surface area contributed by atoms with Gasteiger partial charge in [0.2, 0.25) is 0 Å². The van der Waals surface area contributed by atoms with E-state index < -0.39 is 0 Å². The average molecular weight is 296 g/mol. The van der Waals surface area contributed by atoms with Gasteiger partial charge in [-0.2, -0.15) is 0 Å². The second-order valence-electron chi connectivity index (χ2n) is 5.89. The monoisotopic (exact) mass is 296 g/mol. The zero-order chi connectivity index (χ0) is 15.2. The van der Waals surface area contributed by atoms with E-state index in [0.29, 0.717) is 37.8 Å². The first-order valence-corrected chi connectivity index (χ1v) is 7.57. The number of aliphatic hydroxyl groups excluding tert-OH is 1. The fourth-order valence-corrected chi connectivity index (χ4v) is 2.59. The lowest BCUT2D eigenvalue weighted by Gasteiger charge is -2.35. The molecule has 0 aromatic heterocycles. The molecule has 1 unspecified atom stereocenters. The van der Waals surface area contributed by atoms with E-state index in [2.05, 4.69) is 19.2 Å². The van der Waals surface area contributed by atoms with Crippen LogP contribution in [0.2, 0.25) is 0 Å². The molecule has 118 valence electrons. The van der Waals surface area contributed by atoms with E-state index in [1.807, 2.05) is 11.0 Å². The Hall–Kier alpha value is -1.17. The standard InChI is InChI=1S/C16H25FN2O2/c1-12(2)8-18-9-13-4-3-5-15(17)16(13)19-6-7-21-14(10-19)11-20/h3-5,12,14,18,20H,6-11H2,1-2H3. The van der Waals surface area contributed by atoms with Crippen molar-refractivity contribution in [2.45, 2.75) is 26.5 Å². The molecule has 1 heterocycles. The Labute approximate surface area is 125 Å². The molecule has 5 heteroatoms. The van der Waals surface area contributed by atoms with Gasteiger partial charge in [0.15, 0.2) is 0 Å². The van der Waals surface area contributed by atoms with Crippen molar-refractivity contribution in [1.29, 1.82) is 0 Å². The Bertz CT molecular complexity index is 454. The number of rotatable bonds is 6. The van der Waals surface area contributed by atoms with Gasteiger partial charge >= 0.3 is 0 Å². The van der Waals surface area contributed by atoms with Crippen LogP contribution in [0.3, 0.4) is 0 Å². The van der Waals surface area contributed by atoms with Crippen LogP contribution in [0.1, 0.15) is 19.4 Å². The van der Waals surface area contributed by atoms with E-state index in [9.17, 15) is 9.50 Å². The first-order chi connectivity index (χ1) is 10.1. The molecule has 1 fully saturated rings. The van der Waals surface area contributed by atoms with Crippen LogP contribution < -0.4 is 10.2 Å². The molecule has 1 aliphatic rings. The molecule has 0 spiro atoms. The van der Waals surface area contributed by atoms with Crippen molar-refractivity contribution in [1.82, 2.24) is 5.32 Å². The molecular weight excluding hydrogens is 271 g/mol. The highest BCUT2D eigenvalue weighted by molar-refractivity contribution is 5.55. The first kappa shape index (κ1) is 16.2. The summed E-state index contributed by atoms with van der Waals surface area (Å²) in [6, 6.07) is 5.19. The number of nitrogens with one attached hydrogen (secondary N) is 1. The number of morpholine rings is 1. The maximum atomic E-state index is 14.3. The molecule has 0 bridgehead atoms. The number of aliphatic hydroxyl groups is 1. The van der Waals surface area contributed by atoms with Crippen LogP contribution in [0, 0.1) is 11.7 Å². The van der Waals surface area contributed by atoms with E-state index in [1.165, 1.54) is 6.07 Å². The van der Waals surface area contributed by atoms with E-state index in [-0.39, 0.29) is 18.5 Å². The Morgan fingerprint density at radius 2 is 2.29 bits per heavy atom. The number of halogens is 1. The van der Waals surface area contributed by atoms with E-state index in [1.54, 1.807) is 6.07 Å². The lowest BCUT2D eigenvalue weighted by atomic mass is 10.1. The highest BCUT2D eigenvalue weighted by Gasteiger charge is 2.23. The van der Waals surface area contributed by atoms with Crippen molar-refractivity contribution >= 4 is 5.69 Å². The molecule has 2 N–H and O–H groups in total. The molecular formula is C16H25FN2O2. The number of hydrogen-bond donors (Lipinski definition) is 2. The van der Waals surface area contributed by atoms with Gasteiger partial charge in [-0.25, -0.2) is 4.39 Å². The number of anilines is 1. The van der Waals surface area contributed by atoms with Gasteiger partial charge < -0.3 is 20.1 Å². The van der Waals surface area contributed by atoms with Gasteiger partial charge in [0.1, 0.15) is 5.82 Å². The molecule has 0 radical (unpaired) electrons. The fraction of sp³-hybridized carbons (Fsp3) is 0.625. The van der Waals surface area contributed by atoms with Crippen molar-refractivity contribution in [3.8, 4) is 0 Å². The molecule has 4 nitrogen and oxygen atoms in total. The number of para-hydroxylation sites is 1. The zero-order valence-corrected chi connectivity index (χ0v) is 12.8. The summed E-state index contributed by atoms with van der Waals surface area (Å²) in [6.07, 6.45) is -0.241. The quantitative estimate of drug-likeness (QED) is 0.840. The molecule has 1 aliphatic heterocycles. The molecule has 2 rings (SSSR count). The number of hydrogen-bond acceptors (Lipinski definition) is 4. The van der Waals surface area contributed by atoms with Crippen molar-refractivity contribution < 1.29 is 14.2 Å². The molecule has 0 aliphatic carbocycles. The third-order valence-electron chi connectivity index (χ3n) is 3.60. The Balaban J connectivity index is 2.13. The predicted octanol–water partition coefficient (Wildman–Crippen LogP) is 1.77. The summed E-state index contributed by atoms with van der Waals surface area (Å²) >= 11 is 0. The van der Waals surface area contributed by atoms with Crippen LogP contribution in [-0.2, 0) is 11.3 Å². The fourth-order valence-electron chi connectivity index (χ4n) is 2.59. The summed E-state index contributed by atoms with van der Waals surface area (Å²) in [5.74, 6) is 0.349. The molecule has 1 aromatic rings. The third kappa shape index (κ3) is 4.40. The lowest BCUT2D eigenvalue weighted by molar-refractivity contribution is 0.00336. The molecule has 1 saturated heterocycles. The molecule has 0 amide bonds. The minimum Gasteiger partial charge on any atom is -0.394 e. The first-order valence-electron chi connectivity index (χ1n) is 7.57. The molecule has 1 atom stereocenters. The van der Waals surface area contributed by atoms with Crippen LogP contribution in [0.25, 0.3) is 0 Å². The van der Waals surface area contributed by atoms with E-state index in [0.717, 1.165) is 12.1 Å². The van der Waals surface area contributed by atoms with Crippen LogP contribution in [0.5, 0.6) is 0 Å². The third-order valence-corrected chi connectivity index (χ3v) is 3.60. The van der Waals surface area contributed by atoms with Gasteiger partial charge in [0.25, 0.3) is 0 Å². The van der Waals surface area contributed by atoms with Gasteiger partial charge in [0, 0.05) is 19.6 Å². The van der Waals surface area contributed by atoms with Crippen LogP contribution in [0.4, 0.5) is 10.1 Å². The predicted molar refractivity (Wildman–Crippen MR) is 82.0 cm³/mol. The minimum absolute atomic E-state index is 0.0358. The second-order valence-corrected chi connectivity index (χ2v) is 5.89. The van der Waals surface area contributed by atoms with Crippen LogP contribution >= 0.6 is 0 Å². The van der Waals surface area contributed by atoms with Crippen molar-refractivity contribution in [2.24, 2.45) is 5.92 Å². The molecule has 21 heavy (non-hydrogen) atoms. The summed E-state index contributed by atoms with van der Waals surface area (Å²) in [5, 5.41) is 12.6. The van der Waals surface area contributed by atoms with Gasteiger partial charge in [-0.05, 0) is 24.1 Å². The van der Waals surface area contributed by atoms with Gasteiger partial charge in [-0.1, -0.05) is 26.0 Å². The second kappa shape index (κ2) is 7.73. The Kier molecular flexibility index (Phi) is 5.96. The summed E-state index contributed by atoms with van der Waals surface area (Å²) in [5.41, 5.74) is 1.59. The molecule has 1 aromatic carbocycles. The highest BCUT2D eigenvalue weighted by atomic mass is 19.1. The van der Waals surface area contributed by atoms with Crippen molar-refractivity contribution in [3.05, 3.63) is 29.6 Å². The van der Waals surface area contributed by atoms with Crippen molar-refractivity contribution in [2.75, 3.05) is 37.7 Å². The largest absolute Gasteiger partial charge is 0.394 e. The van der Waals surface area contributed by atoms with Gasteiger partial charge in [-0.15, -0.1) is 0 Å². The smallest absolute Gasteiger partial charge is 0.146 e. The van der Waals surface area contributed by atoms with Crippen molar-refractivity contribution in [3.63, 3.8) is 0 Å². The maximum Gasteiger partial charge on any atom is 0.146 e. The lowest BCUT2D eigenvalue weighted by Crippen LogP contribution is -2.45. The molecule has 0 saturated carbocycles. The summed E-state index contributed by atoms with van der Waals surface area (Å²) < 4.78 is 19.7. The number of benzene rings is 1. The van der Waals surface area contributed by atoms with Crippen LogP contribution in [0.15, 0.2) is 18.2 Å². The van der Waals surface area contributed by atoms with Crippen LogP contribution in [-0.4, -0.2) is 44.1 Å². The normalized spacial score (nSPS) is 19.3. The minimum atomic E-state index is -0.241. The van der Waals surface area contributed by atoms with E-state index >= 15 is 0 Å². The average Bonchev–Trinajstić information content (AvgIpc) is 2.47. The topological polar surface area (TPSA) is 44.7 Å². The SMILES string of the molecule is CC(C)CNCc1cccc(F)c1N1CCOC(CO)C1. The number of ether oxygens (including phenoxy) is 1. The zero-order valence-electron chi connectivity index (χ0n) is 12.8.